The van der Waals surface area contributed by atoms with Crippen LogP contribution in [0.5, 0.6) is 0 Å². The molecule has 1 heterocycles. The van der Waals surface area contributed by atoms with E-state index in [0.717, 1.165) is 19.3 Å². The third kappa shape index (κ3) is 2.87. The normalized spacial score (nSPS) is 17.9. The van der Waals surface area contributed by atoms with Crippen molar-refractivity contribution in [2.75, 3.05) is 17.6 Å². The van der Waals surface area contributed by atoms with Gasteiger partial charge in [-0.2, -0.15) is 0 Å². The molecule has 0 saturated heterocycles. The van der Waals surface area contributed by atoms with E-state index in [1.165, 1.54) is 4.57 Å². The lowest BCUT2D eigenvalue weighted by atomic mass is 9.85. The molecule has 1 aliphatic rings. The minimum absolute atomic E-state index is 0.112. The molecule has 1 aliphatic carbocycles. The lowest BCUT2D eigenvalue weighted by Gasteiger charge is -2.32. The molecule has 0 radical (unpaired) electrons. The lowest BCUT2D eigenvalue weighted by molar-refractivity contribution is 0.0167. The van der Waals surface area contributed by atoms with Gasteiger partial charge in [-0.05, 0) is 19.8 Å². The molecule has 1 saturated carbocycles. The van der Waals surface area contributed by atoms with Gasteiger partial charge >= 0.3 is 5.69 Å². The van der Waals surface area contributed by atoms with Crippen molar-refractivity contribution in [2.45, 2.75) is 51.2 Å². The van der Waals surface area contributed by atoms with Gasteiger partial charge in [-0.3, -0.25) is 14.3 Å². The summed E-state index contributed by atoms with van der Waals surface area (Å²) in [5.74, 6) is 0.112. The molecule has 0 unspecified atom stereocenters. The summed E-state index contributed by atoms with van der Waals surface area (Å²) >= 11 is 0. The van der Waals surface area contributed by atoms with Crippen molar-refractivity contribution in [1.82, 2.24) is 9.55 Å². The molecular formula is C13H22N4O3. The molecular weight excluding hydrogens is 260 g/mol. The van der Waals surface area contributed by atoms with E-state index in [-0.39, 0.29) is 18.1 Å². The first-order chi connectivity index (χ1) is 9.47. The second-order valence-electron chi connectivity index (χ2n) is 5.40. The van der Waals surface area contributed by atoms with Gasteiger partial charge in [0.2, 0.25) is 0 Å². The smallest absolute Gasteiger partial charge is 0.330 e. The van der Waals surface area contributed by atoms with E-state index in [1.54, 1.807) is 6.92 Å². The molecule has 1 aromatic heterocycles. The molecule has 7 nitrogen and oxygen atoms in total. The molecule has 5 N–H and O–H groups in total. The van der Waals surface area contributed by atoms with E-state index in [9.17, 15) is 14.7 Å². The largest absolute Gasteiger partial charge is 0.388 e. The third-order valence-electron chi connectivity index (χ3n) is 3.93. The van der Waals surface area contributed by atoms with Gasteiger partial charge in [0.1, 0.15) is 11.5 Å². The van der Waals surface area contributed by atoms with Crippen molar-refractivity contribution < 1.29 is 5.11 Å². The fourth-order valence-electron chi connectivity index (χ4n) is 2.71. The van der Waals surface area contributed by atoms with Gasteiger partial charge in [0.25, 0.3) is 5.56 Å². The number of nitrogens with two attached hydrogens (primary N) is 1. The van der Waals surface area contributed by atoms with E-state index >= 15 is 0 Å². The highest BCUT2D eigenvalue weighted by atomic mass is 16.3. The Kier molecular flexibility index (Phi) is 4.17. The highest BCUT2D eigenvalue weighted by Gasteiger charge is 2.29. The maximum Gasteiger partial charge on any atom is 0.330 e. The fourth-order valence-corrected chi connectivity index (χ4v) is 2.71. The molecule has 1 aromatic rings. The monoisotopic (exact) mass is 282 g/mol. The van der Waals surface area contributed by atoms with Gasteiger partial charge in [-0.1, -0.05) is 19.3 Å². The molecule has 20 heavy (non-hydrogen) atoms. The van der Waals surface area contributed by atoms with Crippen LogP contribution < -0.4 is 22.3 Å². The maximum atomic E-state index is 11.8. The van der Waals surface area contributed by atoms with Gasteiger partial charge in [0, 0.05) is 13.1 Å². The van der Waals surface area contributed by atoms with Crippen LogP contribution in [0.15, 0.2) is 9.59 Å². The Morgan fingerprint density at radius 3 is 2.60 bits per heavy atom. The van der Waals surface area contributed by atoms with Crippen LogP contribution in [0.3, 0.4) is 0 Å². The average molecular weight is 282 g/mol. The number of rotatable bonds is 4. The fraction of sp³-hybridized carbons (Fsp3) is 0.692. The second-order valence-corrected chi connectivity index (χ2v) is 5.40. The first-order valence-electron chi connectivity index (χ1n) is 7.06. The first kappa shape index (κ1) is 14.6. The van der Waals surface area contributed by atoms with Crippen LogP contribution in [-0.2, 0) is 6.54 Å². The number of anilines is 2. The van der Waals surface area contributed by atoms with Crippen LogP contribution >= 0.6 is 0 Å². The molecule has 7 heteroatoms. The molecule has 112 valence electrons. The Bertz CT molecular complexity index is 584. The third-order valence-corrected chi connectivity index (χ3v) is 3.93. The molecule has 2 rings (SSSR count). The summed E-state index contributed by atoms with van der Waals surface area (Å²) in [6.07, 6.45) is 4.53. The second kappa shape index (κ2) is 5.70. The van der Waals surface area contributed by atoms with E-state index < -0.39 is 16.9 Å². The van der Waals surface area contributed by atoms with Crippen LogP contribution in [0.25, 0.3) is 0 Å². The summed E-state index contributed by atoms with van der Waals surface area (Å²) in [6, 6.07) is 0. The topological polar surface area (TPSA) is 113 Å². The van der Waals surface area contributed by atoms with E-state index in [1.807, 2.05) is 0 Å². The number of hydrogen-bond donors (Lipinski definition) is 4. The number of nitrogens with one attached hydrogen (secondary N) is 2. The molecule has 1 fully saturated rings. The van der Waals surface area contributed by atoms with Crippen molar-refractivity contribution in [3.8, 4) is 0 Å². The van der Waals surface area contributed by atoms with Crippen molar-refractivity contribution in [1.29, 1.82) is 0 Å². The Morgan fingerprint density at radius 2 is 2.00 bits per heavy atom. The standard InChI is InChI=1S/C13H22N4O3/c1-2-17-10(14)9(11(18)16-12(17)19)15-8-13(20)6-4-3-5-7-13/h15,20H,2-8,14H2,1H3,(H,16,18,19). The van der Waals surface area contributed by atoms with Crippen LogP contribution in [0.2, 0.25) is 0 Å². The Balaban J connectivity index is 2.21. The first-order valence-corrected chi connectivity index (χ1v) is 7.06. The number of aromatic amines is 1. The average Bonchev–Trinajstić information content (AvgIpc) is 2.39. The van der Waals surface area contributed by atoms with Crippen LogP contribution in [0.4, 0.5) is 11.5 Å². The summed E-state index contributed by atoms with van der Waals surface area (Å²) in [5.41, 5.74) is 4.15. The number of aliphatic hydroxyl groups is 1. The minimum Gasteiger partial charge on any atom is -0.388 e. The highest BCUT2D eigenvalue weighted by Crippen LogP contribution is 2.28. The van der Waals surface area contributed by atoms with Crippen molar-refractivity contribution >= 4 is 11.5 Å². The maximum absolute atomic E-state index is 11.8. The van der Waals surface area contributed by atoms with E-state index in [0.29, 0.717) is 19.4 Å². The quantitative estimate of drug-likeness (QED) is 0.632. The highest BCUT2D eigenvalue weighted by molar-refractivity contribution is 5.60. The number of nitrogen functional groups attached to an aromatic ring is 1. The summed E-state index contributed by atoms with van der Waals surface area (Å²) in [5, 5.41) is 13.3. The van der Waals surface area contributed by atoms with Gasteiger partial charge < -0.3 is 16.2 Å². The van der Waals surface area contributed by atoms with Crippen molar-refractivity contribution in [2.24, 2.45) is 0 Å². The zero-order valence-electron chi connectivity index (χ0n) is 11.7. The predicted molar refractivity (Wildman–Crippen MR) is 77.9 cm³/mol. The number of H-pyrrole nitrogens is 1. The summed E-state index contributed by atoms with van der Waals surface area (Å²) < 4.78 is 1.29. The van der Waals surface area contributed by atoms with Crippen molar-refractivity contribution in [3.63, 3.8) is 0 Å². The van der Waals surface area contributed by atoms with Crippen LogP contribution in [0.1, 0.15) is 39.0 Å². The zero-order valence-corrected chi connectivity index (χ0v) is 11.7. The molecule has 0 atom stereocenters. The van der Waals surface area contributed by atoms with E-state index in [2.05, 4.69) is 10.3 Å². The molecule has 0 spiro atoms. The van der Waals surface area contributed by atoms with Gasteiger partial charge in [-0.25, -0.2) is 4.79 Å². The molecule has 0 amide bonds. The Hall–Kier alpha value is -1.76. The van der Waals surface area contributed by atoms with E-state index in [4.69, 9.17) is 5.73 Å². The van der Waals surface area contributed by atoms with Gasteiger partial charge in [0.15, 0.2) is 0 Å². The summed E-state index contributed by atoms with van der Waals surface area (Å²) in [6.45, 7) is 2.41. The number of aromatic nitrogens is 2. The molecule has 0 aliphatic heterocycles. The molecule has 0 aromatic carbocycles. The molecule has 0 bridgehead atoms. The summed E-state index contributed by atoms with van der Waals surface area (Å²) in [7, 11) is 0. The van der Waals surface area contributed by atoms with Crippen molar-refractivity contribution in [3.05, 3.63) is 20.8 Å². The minimum atomic E-state index is -0.801. The number of hydrogen-bond acceptors (Lipinski definition) is 5. The number of nitrogens with zero attached hydrogens (tertiary/aromatic N) is 1. The zero-order chi connectivity index (χ0) is 14.8. The van der Waals surface area contributed by atoms with Crippen LogP contribution in [-0.4, -0.2) is 26.8 Å². The van der Waals surface area contributed by atoms with Gasteiger partial charge in [-0.15, -0.1) is 0 Å². The Morgan fingerprint density at radius 1 is 1.35 bits per heavy atom. The van der Waals surface area contributed by atoms with Crippen LogP contribution in [0, 0.1) is 0 Å². The van der Waals surface area contributed by atoms with Gasteiger partial charge in [0.05, 0.1) is 5.60 Å². The summed E-state index contributed by atoms with van der Waals surface area (Å²) in [4.78, 5) is 25.6. The lowest BCUT2D eigenvalue weighted by Crippen LogP contribution is -2.41. The predicted octanol–water partition coefficient (Wildman–Crippen LogP) is 0.246. The SMILES string of the molecule is CCn1c(N)c(NCC2(O)CCCCC2)c(=O)[nH]c1=O. The Labute approximate surface area is 116 Å².